The Balaban J connectivity index is 1.75. The quantitative estimate of drug-likeness (QED) is 0.807. The lowest BCUT2D eigenvalue weighted by Gasteiger charge is -2.18. The maximum atomic E-state index is 11.3. The van der Waals surface area contributed by atoms with Crippen LogP contribution in [-0.4, -0.2) is 43.5 Å². The van der Waals surface area contributed by atoms with Crippen LogP contribution < -0.4 is 5.32 Å². The molecular weight excluding hydrogens is 230 g/mol. The summed E-state index contributed by atoms with van der Waals surface area (Å²) in [5.41, 5.74) is 0. The van der Waals surface area contributed by atoms with E-state index in [1.54, 1.807) is 0 Å². The Morgan fingerprint density at radius 1 is 1.40 bits per heavy atom. The molecule has 0 bridgehead atoms. The lowest BCUT2D eigenvalue weighted by atomic mass is 10.1. The van der Waals surface area contributed by atoms with Crippen LogP contribution in [0.1, 0.15) is 19.8 Å². The molecule has 0 spiro atoms. The van der Waals surface area contributed by atoms with Crippen LogP contribution in [0.3, 0.4) is 0 Å². The third kappa shape index (κ3) is 3.11. The first-order valence-electron chi connectivity index (χ1n) is 5.62. The van der Waals surface area contributed by atoms with Crippen LogP contribution in [0.25, 0.3) is 0 Å². The van der Waals surface area contributed by atoms with Gasteiger partial charge in [0.15, 0.2) is 9.84 Å². The van der Waals surface area contributed by atoms with Crippen LogP contribution in [0.15, 0.2) is 0 Å². The fourth-order valence-corrected chi connectivity index (χ4v) is 5.44. The second-order valence-corrected chi connectivity index (χ2v) is 8.36. The molecule has 2 fully saturated rings. The standard InChI is InChI=1S/C10H19NO2S2/c1-8-10(2-4-14-8)11-6-9-3-5-15(12,13)7-9/h8-11H,2-7H2,1H3. The summed E-state index contributed by atoms with van der Waals surface area (Å²) in [6, 6.07) is 0.596. The number of hydrogen-bond donors (Lipinski definition) is 1. The molecule has 3 unspecified atom stereocenters. The number of thioether (sulfide) groups is 1. The van der Waals surface area contributed by atoms with Gasteiger partial charge >= 0.3 is 0 Å². The molecule has 2 saturated heterocycles. The fraction of sp³-hybridized carbons (Fsp3) is 1.00. The van der Waals surface area contributed by atoms with E-state index >= 15 is 0 Å². The van der Waals surface area contributed by atoms with Crippen molar-refractivity contribution >= 4 is 21.6 Å². The van der Waals surface area contributed by atoms with Crippen LogP contribution in [-0.2, 0) is 9.84 Å². The van der Waals surface area contributed by atoms with Crippen LogP contribution in [0.5, 0.6) is 0 Å². The van der Waals surface area contributed by atoms with E-state index in [9.17, 15) is 8.42 Å². The van der Waals surface area contributed by atoms with Gasteiger partial charge in [0.2, 0.25) is 0 Å². The molecule has 15 heavy (non-hydrogen) atoms. The van der Waals surface area contributed by atoms with Crippen molar-refractivity contribution in [3.8, 4) is 0 Å². The van der Waals surface area contributed by atoms with Crippen molar-refractivity contribution in [2.75, 3.05) is 23.8 Å². The average molecular weight is 249 g/mol. The predicted molar refractivity (Wildman–Crippen MR) is 65.1 cm³/mol. The van der Waals surface area contributed by atoms with Gasteiger partial charge in [0.1, 0.15) is 0 Å². The molecule has 2 aliphatic heterocycles. The highest BCUT2D eigenvalue weighted by molar-refractivity contribution is 8.00. The zero-order valence-electron chi connectivity index (χ0n) is 9.11. The van der Waals surface area contributed by atoms with Gasteiger partial charge in [-0.3, -0.25) is 0 Å². The van der Waals surface area contributed by atoms with Gasteiger partial charge in [0.25, 0.3) is 0 Å². The van der Waals surface area contributed by atoms with E-state index in [2.05, 4.69) is 12.2 Å². The largest absolute Gasteiger partial charge is 0.313 e. The second kappa shape index (κ2) is 4.63. The zero-order valence-corrected chi connectivity index (χ0v) is 10.7. The van der Waals surface area contributed by atoms with Gasteiger partial charge in [0.05, 0.1) is 11.5 Å². The van der Waals surface area contributed by atoms with Gasteiger partial charge in [-0.2, -0.15) is 11.8 Å². The number of nitrogens with one attached hydrogen (secondary N) is 1. The van der Waals surface area contributed by atoms with Gasteiger partial charge in [-0.15, -0.1) is 0 Å². The molecule has 88 valence electrons. The Bertz CT molecular complexity index is 315. The summed E-state index contributed by atoms with van der Waals surface area (Å²) in [4.78, 5) is 0. The fourth-order valence-electron chi connectivity index (χ4n) is 2.35. The van der Waals surface area contributed by atoms with Crippen molar-refractivity contribution in [2.45, 2.75) is 31.1 Å². The molecule has 2 aliphatic rings. The normalized spacial score (nSPS) is 39.7. The average Bonchev–Trinajstić information content (AvgIpc) is 2.69. The first kappa shape index (κ1) is 11.7. The highest BCUT2D eigenvalue weighted by Gasteiger charge is 2.29. The van der Waals surface area contributed by atoms with E-state index < -0.39 is 9.84 Å². The molecule has 3 nitrogen and oxygen atoms in total. The van der Waals surface area contributed by atoms with E-state index in [-0.39, 0.29) is 0 Å². The van der Waals surface area contributed by atoms with Crippen molar-refractivity contribution in [1.29, 1.82) is 0 Å². The summed E-state index contributed by atoms with van der Waals surface area (Å²) in [6.07, 6.45) is 2.08. The Labute approximate surface area is 96.3 Å². The number of sulfone groups is 1. The van der Waals surface area contributed by atoms with Gasteiger partial charge in [-0.25, -0.2) is 8.42 Å². The van der Waals surface area contributed by atoms with Gasteiger partial charge in [-0.05, 0) is 31.1 Å². The van der Waals surface area contributed by atoms with Crippen molar-refractivity contribution in [1.82, 2.24) is 5.32 Å². The molecule has 0 aromatic carbocycles. The minimum Gasteiger partial charge on any atom is -0.313 e. The molecular formula is C10H19NO2S2. The minimum atomic E-state index is -2.70. The molecule has 0 amide bonds. The van der Waals surface area contributed by atoms with Crippen LogP contribution in [0, 0.1) is 5.92 Å². The Hall–Kier alpha value is 0.260. The van der Waals surface area contributed by atoms with Crippen molar-refractivity contribution in [2.24, 2.45) is 5.92 Å². The third-order valence-corrected chi connectivity index (χ3v) is 6.53. The summed E-state index contributed by atoms with van der Waals surface area (Å²) in [5.74, 6) is 2.39. The third-order valence-electron chi connectivity index (χ3n) is 3.37. The van der Waals surface area contributed by atoms with Gasteiger partial charge in [-0.1, -0.05) is 6.92 Å². The lowest BCUT2D eigenvalue weighted by molar-refractivity contribution is 0.448. The van der Waals surface area contributed by atoms with Crippen molar-refractivity contribution in [3.05, 3.63) is 0 Å². The van der Waals surface area contributed by atoms with E-state index in [1.165, 1.54) is 12.2 Å². The summed E-state index contributed by atoms with van der Waals surface area (Å²) >= 11 is 2.01. The monoisotopic (exact) mass is 249 g/mol. The molecule has 0 aromatic heterocycles. The highest BCUT2D eigenvalue weighted by atomic mass is 32.2. The summed E-state index contributed by atoms with van der Waals surface area (Å²) in [6.45, 7) is 3.13. The van der Waals surface area contributed by atoms with E-state index in [4.69, 9.17) is 0 Å². The number of rotatable bonds is 3. The predicted octanol–water partition coefficient (Wildman–Crippen LogP) is 0.905. The smallest absolute Gasteiger partial charge is 0.150 e. The molecule has 2 rings (SSSR count). The van der Waals surface area contributed by atoms with Crippen molar-refractivity contribution < 1.29 is 8.42 Å². The Kier molecular flexibility index (Phi) is 3.63. The minimum absolute atomic E-state index is 0.354. The maximum absolute atomic E-state index is 11.3. The first-order chi connectivity index (χ1) is 7.07. The molecule has 0 aliphatic carbocycles. The van der Waals surface area contributed by atoms with E-state index in [0.717, 1.165) is 13.0 Å². The van der Waals surface area contributed by atoms with Crippen LogP contribution in [0.2, 0.25) is 0 Å². The molecule has 3 atom stereocenters. The molecule has 0 saturated carbocycles. The highest BCUT2D eigenvalue weighted by Crippen LogP contribution is 2.26. The van der Waals surface area contributed by atoms with Crippen LogP contribution in [0.4, 0.5) is 0 Å². The molecule has 5 heteroatoms. The lowest BCUT2D eigenvalue weighted by Crippen LogP contribution is -2.37. The topological polar surface area (TPSA) is 46.2 Å². The Morgan fingerprint density at radius 3 is 2.73 bits per heavy atom. The SMILES string of the molecule is CC1SCCC1NCC1CCS(=O)(=O)C1. The van der Waals surface area contributed by atoms with Crippen LogP contribution >= 0.6 is 11.8 Å². The van der Waals surface area contributed by atoms with E-state index in [0.29, 0.717) is 28.7 Å². The molecule has 0 aromatic rings. The van der Waals surface area contributed by atoms with Crippen molar-refractivity contribution in [3.63, 3.8) is 0 Å². The Morgan fingerprint density at radius 2 is 2.20 bits per heavy atom. The molecule has 2 heterocycles. The van der Waals surface area contributed by atoms with E-state index in [1.807, 2.05) is 11.8 Å². The number of hydrogen-bond acceptors (Lipinski definition) is 4. The zero-order chi connectivity index (χ0) is 10.9. The first-order valence-corrected chi connectivity index (χ1v) is 8.49. The molecule has 1 N–H and O–H groups in total. The molecule has 0 radical (unpaired) electrons. The summed E-state index contributed by atoms with van der Waals surface area (Å²) in [5, 5.41) is 4.21. The second-order valence-electron chi connectivity index (χ2n) is 4.65. The van der Waals surface area contributed by atoms with Gasteiger partial charge < -0.3 is 5.32 Å². The maximum Gasteiger partial charge on any atom is 0.150 e. The summed E-state index contributed by atoms with van der Waals surface area (Å²) in [7, 11) is -2.70. The van der Waals surface area contributed by atoms with Gasteiger partial charge in [0, 0.05) is 11.3 Å². The summed E-state index contributed by atoms with van der Waals surface area (Å²) < 4.78 is 22.5.